The van der Waals surface area contributed by atoms with Crippen molar-refractivity contribution < 1.29 is 9.53 Å². The van der Waals surface area contributed by atoms with Crippen molar-refractivity contribution in [2.45, 2.75) is 45.4 Å². The van der Waals surface area contributed by atoms with Gasteiger partial charge in [-0.05, 0) is 62.3 Å². The van der Waals surface area contributed by atoms with E-state index in [9.17, 15) is 4.79 Å². The molecule has 1 aromatic carbocycles. The van der Waals surface area contributed by atoms with Crippen LogP contribution >= 0.6 is 0 Å². The highest BCUT2D eigenvalue weighted by atomic mass is 16.5. The van der Waals surface area contributed by atoms with Gasteiger partial charge in [-0.25, -0.2) is 0 Å². The fourth-order valence-electron chi connectivity index (χ4n) is 2.54. The molecular formula is C16H23NO2. The maximum Gasteiger partial charge on any atom is 0.305 e. The van der Waals surface area contributed by atoms with Gasteiger partial charge in [-0.2, -0.15) is 0 Å². The molecule has 1 N–H and O–H groups in total. The smallest absolute Gasteiger partial charge is 0.305 e. The molecule has 0 radical (unpaired) electrons. The first kappa shape index (κ1) is 13.9. The number of esters is 1. The largest absolute Gasteiger partial charge is 0.466 e. The topological polar surface area (TPSA) is 38.3 Å². The Morgan fingerprint density at radius 2 is 2.11 bits per heavy atom. The maximum atomic E-state index is 11.2. The van der Waals surface area contributed by atoms with Gasteiger partial charge in [0.1, 0.15) is 0 Å². The summed E-state index contributed by atoms with van der Waals surface area (Å²) in [6.07, 6.45) is 6.15. The summed E-state index contributed by atoms with van der Waals surface area (Å²) in [6.45, 7) is 3.23. The van der Waals surface area contributed by atoms with Crippen molar-refractivity contribution in [1.82, 2.24) is 0 Å². The number of hydrogen-bond donors (Lipinski definition) is 1. The van der Waals surface area contributed by atoms with E-state index in [2.05, 4.69) is 23.5 Å². The van der Waals surface area contributed by atoms with Crippen LogP contribution in [0.4, 0.5) is 5.69 Å². The number of carbonyl (C=O) groups is 1. The normalized spacial score (nSPS) is 13.1. The monoisotopic (exact) mass is 261 g/mol. The minimum Gasteiger partial charge on any atom is -0.466 e. The number of nitrogens with one attached hydrogen (secondary N) is 1. The van der Waals surface area contributed by atoms with E-state index in [0.717, 1.165) is 19.4 Å². The van der Waals surface area contributed by atoms with Crippen molar-refractivity contribution in [3.63, 3.8) is 0 Å². The fourth-order valence-corrected chi connectivity index (χ4v) is 2.54. The highest BCUT2D eigenvalue weighted by Crippen LogP contribution is 2.24. The minimum absolute atomic E-state index is 0.0833. The van der Waals surface area contributed by atoms with E-state index in [-0.39, 0.29) is 5.97 Å². The number of aryl methyl sites for hydroxylation is 2. The molecule has 0 amide bonds. The Morgan fingerprint density at radius 1 is 1.26 bits per heavy atom. The van der Waals surface area contributed by atoms with Crippen LogP contribution < -0.4 is 5.32 Å². The lowest BCUT2D eigenvalue weighted by molar-refractivity contribution is -0.143. The maximum absolute atomic E-state index is 11.2. The van der Waals surface area contributed by atoms with Gasteiger partial charge >= 0.3 is 5.97 Å². The zero-order valence-corrected chi connectivity index (χ0v) is 11.7. The molecule has 1 aliphatic carbocycles. The number of benzene rings is 1. The zero-order chi connectivity index (χ0) is 13.5. The number of rotatable bonds is 7. The third-order valence-electron chi connectivity index (χ3n) is 3.54. The Bertz CT molecular complexity index is 429. The van der Waals surface area contributed by atoms with Crippen molar-refractivity contribution in [3.05, 3.63) is 29.3 Å². The van der Waals surface area contributed by atoms with Crippen molar-refractivity contribution >= 4 is 11.7 Å². The van der Waals surface area contributed by atoms with Crippen molar-refractivity contribution in [2.75, 3.05) is 18.5 Å². The Labute approximate surface area is 115 Å². The Kier molecular flexibility index (Phi) is 5.25. The molecule has 0 aromatic heterocycles. The fraction of sp³-hybridized carbons (Fsp3) is 0.562. The van der Waals surface area contributed by atoms with Gasteiger partial charge in [0, 0.05) is 18.7 Å². The van der Waals surface area contributed by atoms with Gasteiger partial charge in [-0.15, -0.1) is 0 Å². The number of fused-ring (bicyclic) bond motifs is 1. The Hall–Kier alpha value is -1.51. The lowest BCUT2D eigenvalue weighted by Crippen LogP contribution is -2.06. The van der Waals surface area contributed by atoms with E-state index in [1.54, 1.807) is 0 Å². The number of unbranched alkanes of at least 4 members (excludes halogenated alkanes) is 1. The van der Waals surface area contributed by atoms with Crippen molar-refractivity contribution in [2.24, 2.45) is 0 Å². The molecule has 104 valence electrons. The molecule has 0 unspecified atom stereocenters. The second-order valence-electron chi connectivity index (χ2n) is 5.03. The third kappa shape index (κ3) is 4.27. The van der Waals surface area contributed by atoms with E-state index in [0.29, 0.717) is 13.0 Å². The van der Waals surface area contributed by atoms with E-state index in [1.165, 1.54) is 36.1 Å². The molecule has 3 nitrogen and oxygen atoms in total. The summed E-state index contributed by atoms with van der Waals surface area (Å²) in [5, 5.41) is 3.43. The molecule has 0 atom stereocenters. The van der Waals surface area contributed by atoms with Crippen molar-refractivity contribution in [1.29, 1.82) is 0 Å². The summed E-state index contributed by atoms with van der Waals surface area (Å²) in [4.78, 5) is 11.2. The van der Waals surface area contributed by atoms with Crippen LogP contribution in [-0.4, -0.2) is 19.1 Å². The van der Waals surface area contributed by atoms with Crippen molar-refractivity contribution in [3.8, 4) is 0 Å². The van der Waals surface area contributed by atoms with Gasteiger partial charge < -0.3 is 10.1 Å². The average molecular weight is 261 g/mol. The van der Waals surface area contributed by atoms with Gasteiger partial charge in [-0.3, -0.25) is 4.79 Å². The molecule has 0 heterocycles. The highest BCUT2D eigenvalue weighted by Gasteiger charge is 2.10. The minimum atomic E-state index is -0.0833. The summed E-state index contributed by atoms with van der Waals surface area (Å²) < 4.78 is 4.90. The predicted molar refractivity (Wildman–Crippen MR) is 77.4 cm³/mol. The van der Waals surface area contributed by atoms with Crippen LogP contribution in [0.15, 0.2) is 18.2 Å². The molecule has 1 aromatic rings. The van der Waals surface area contributed by atoms with Crippen LogP contribution in [0.3, 0.4) is 0 Å². The molecule has 3 heteroatoms. The molecule has 0 bridgehead atoms. The SMILES string of the molecule is CCOC(=O)CCCCNc1ccc2c(c1)CCC2. The van der Waals surface area contributed by atoms with Crippen LogP contribution in [-0.2, 0) is 22.4 Å². The summed E-state index contributed by atoms with van der Waals surface area (Å²) in [7, 11) is 0. The van der Waals surface area contributed by atoms with Gasteiger partial charge in [-0.1, -0.05) is 6.07 Å². The Balaban J connectivity index is 1.65. The average Bonchev–Trinajstić information content (AvgIpc) is 2.86. The standard InChI is InChI=1S/C16H23NO2/c1-2-19-16(18)8-3-4-11-17-15-10-9-13-6-5-7-14(13)12-15/h9-10,12,17H,2-8,11H2,1H3. The summed E-state index contributed by atoms with van der Waals surface area (Å²) in [5.74, 6) is -0.0833. The number of hydrogen-bond acceptors (Lipinski definition) is 3. The third-order valence-corrected chi connectivity index (χ3v) is 3.54. The van der Waals surface area contributed by atoms with Gasteiger partial charge in [0.2, 0.25) is 0 Å². The first-order valence-electron chi connectivity index (χ1n) is 7.31. The summed E-state index contributed by atoms with van der Waals surface area (Å²) in [6, 6.07) is 6.67. The van der Waals surface area contributed by atoms with Gasteiger partial charge in [0.15, 0.2) is 0 Å². The molecule has 19 heavy (non-hydrogen) atoms. The van der Waals surface area contributed by atoms with E-state index < -0.39 is 0 Å². The molecule has 0 spiro atoms. The van der Waals surface area contributed by atoms with Gasteiger partial charge in [0.25, 0.3) is 0 Å². The second kappa shape index (κ2) is 7.17. The van der Waals surface area contributed by atoms with Crippen LogP contribution in [0.2, 0.25) is 0 Å². The zero-order valence-electron chi connectivity index (χ0n) is 11.7. The lowest BCUT2D eigenvalue weighted by Gasteiger charge is -2.08. The molecule has 0 fully saturated rings. The molecule has 1 aliphatic rings. The van der Waals surface area contributed by atoms with E-state index in [1.807, 2.05) is 6.92 Å². The molecule has 0 saturated heterocycles. The predicted octanol–water partition coefficient (Wildman–Crippen LogP) is 3.32. The molecule has 0 saturated carbocycles. The van der Waals surface area contributed by atoms with Crippen LogP contribution in [0.25, 0.3) is 0 Å². The Morgan fingerprint density at radius 3 is 2.95 bits per heavy atom. The molecule has 2 rings (SSSR count). The number of carbonyl (C=O) groups excluding carboxylic acids is 1. The number of anilines is 1. The highest BCUT2D eigenvalue weighted by molar-refractivity contribution is 5.69. The lowest BCUT2D eigenvalue weighted by atomic mass is 10.1. The van der Waals surface area contributed by atoms with Crippen LogP contribution in [0.5, 0.6) is 0 Å². The van der Waals surface area contributed by atoms with E-state index in [4.69, 9.17) is 4.74 Å². The summed E-state index contributed by atoms with van der Waals surface area (Å²) in [5.41, 5.74) is 4.21. The molecule has 0 aliphatic heterocycles. The quantitative estimate of drug-likeness (QED) is 0.604. The first-order chi connectivity index (χ1) is 9.29. The molecular weight excluding hydrogens is 238 g/mol. The number of ether oxygens (including phenoxy) is 1. The summed E-state index contributed by atoms with van der Waals surface area (Å²) >= 11 is 0. The van der Waals surface area contributed by atoms with Gasteiger partial charge in [0.05, 0.1) is 6.61 Å². The first-order valence-corrected chi connectivity index (χ1v) is 7.31. The second-order valence-corrected chi connectivity index (χ2v) is 5.03. The van der Waals surface area contributed by atoms with E-state index >= 15 is 0 Å². The van der Waals surface area contributed by atoms with Crippen LogP contribution in [0, 0.1) is 0 Å². The van der Waals surface area contributed by atoms with Crippen LogP contribution in [0.1, 0.15) is 43.7 Å².